The number of hydrogen-bond donors (Lipinski definition) is 1. The number of nitrogens with zero attached hydrogens (tertiary/aromatic N) is 1. The van der Waals surface area contributed by atoms with Crippen LogP contribution in [-0.2, 0) is 4.84 Å². The minimum atomic E-state index is -0.572. The van der Waals surface area contributed by atoms with E-state index in [9.17, 15) is 4.79 Å². The van der Waals surface area contributed by atoms with E-state index in [0.29, 0.717) is 0 Å². The maximum Gasteiger partial charge on any atom is 0.433 e. The SMILES string of the molecule is CNC(=O)O/N=C1/c2ccccc2OC12CC2.Cl. The van der Waals surface area contributed by atoms with E-state index in [2.05, 4.69) is 10.5 Å². The van der Waals surface area contributed by atoms with Crippen LogP contribution in [0.15, 0.2) is 29.4 Å². The third-order valence-corrected chi connectivity index (χ3v) is 3.01. The maximum atomic E-state index is 11.0. The van der Waals surface area contributed by atoms with E-state index in [4.69, 9.17) is 9.57 Å². The molecule has 96 valence electrons. The fourth-order valence-electron chi connectivity index (χ4n) is 1.97. The molecule has 0 saturated heterocycles. The molecule has 0 atom stereocenters. The number of halogens is 1. The lowest BCUT2D eigenvalue weighted by atomic mass is 10.1. The molecule has 1 aromatic rings. The third-order valence-electron chi connectivity index (χ3n) is 3.01. The Morgan fingerprint density at radius 2 is 2.17 bits per heavy atom. The molecule has 1 fully saturated rings. The number of fused-ring (bicyclic) bond motifs is 1. The molecule has 1 spiro atoms. The van der Waals surface area contributed by atoms with Crippen LogP contribution in [0.2, 0.25) is 0 Å². The normalized spacial score (nSPS) is 19.7. The Hall–Kier alpha value is -1.75. The van der Waals surface area contributed by atoms with Gasteiger partial charge in [-0.2, -0.15) is 0 Å². The standard InChI is InChI=1S/C12H12N2O3.ClH/c1-13-11(15)17-14-10-8-4-2-3-5-9(8)16-12(10)6-7-12;/h2-5H,6-7H2,1H3,(H,13,15);1H/b14-10-;. The number of para-hydroxylation sites is 1. The Labute approximate surface area is 111 Å². The highest BCUT2D eigenvalue weighted by atomic mass is 35.5. The van der Waals surface area contributed by atoms with Crippen LogP contribution < -0.4 is 10.1 Å². The lowest BCUT2D eigenvalue weighted by molar-refractivity contribution is 0.151. The predicted molar refractivity (Wildman–Crippen MR) is 68.4 cm³/mol. The summed E-state index contributed by atoms with van der Waals surface area (Å²) >= 11 is 0. The van der Waals surface area contributed by atoms with Crippen LogP contribution in [0, 0.1) is 0 Å². The molecule has 0 bridgehead atoms. The molecule has 5 nitrogen and oxygen atoms in total. The lowest BCUT2D eigenvalue weighted by Crippen LogP contribution is -2.25. The minimum absolute atomic E-state index is 0. The summed E-state index contributed by atoms with van der Waals surface area (Å²) in [7, 11) is 1.49. The molecule has 2 aliphatic rings. The van der Waals surface area contributed by atoms with Gasteiger partial charge in [0.25, 0.3) is 0 Å². The summed E-state index contributed by atoms with van der Waals surface area (Å²) in [5, 5.41) is 6.28. The molecular formula is C12H13ClN2O3. The van der Waals surface area contributed by atoms with Crippen molar-refractivity contribution in [1.82, 2.24) is 5.32 Å². The van der Waals surface area contributed by atoms with Crippen LogP contribution >= 0.6 is 12.4 Å². The van der Waals surface area contributed by atoms with Gasteiger partial charge in [0.1, 0.15) is 11.5 Å². The average molecular weight is 269 g/mol. The van der Waals surface area contributed by atoms with E-state index in [-0.39, 0.29) is 18.0 Å². The fraction of sp³-hybridized carbons (Fsp3) is 0.333. The van der Waals surface area contributed by atoms with Gasteiger partial charge in [-0.25, -0.2) is 4.79 Å². The minimum Gasteiger partial charge on any atom is -0.480 e. The van der Waals surface area contributed by atoms with Gasteiger partial charge in [0, 0.05) is 12.6 Å². The molecular weight excluding hydrogens is 256 g/mol. The maximum absolute atomic E-state index is 11.0. The quantitative estimate of drug-likeness (QED) is 0.627. The van der Waals surface area contributed by atoms with Crippen molar-refractivity contribution < 1.29 is 14.4 Å². The Morgan fingerprint density at radius 1 is 1.44 bits per heavy atom. The Morgan fingerprint density at radius 3 is 2.83 bits per heavy atom. The topological polar surface area (TPSA) is 59.9 Å². The van der Waals surface area contributed by atoms with Crippen LogP contribution in [-0.4, -0.2) is 24.5 Å². The van der Waals surface area contributed by atoms with Crippen molar-refractivity contribution in [2.24, 2.45) is 5.16 Å². The summed E-state index contributed by atoms with van der Waals surface area (Å²) in [5.41, 5.74) is 1.28. The number of benzene rings is 1. The smallest absolute Gasteiger partial charge is 0.433 e. The van der Waals surface area contributed by atoms with Crippen LogP contribution in [0.5, 0.6) is 5.75 Å². The summed E-state index contributed by atoms with van der Waals surface area (Å²) in [4.78, 5) is 15.8. The van der Waals surface area contributed by atoms with Crippen LogP contribution in [0.3, 0.4) is 0 Å². The molecule has 1 heterocycles. The van der Waals surface area contributed by atoms with E-state index in [1.807, 2.05) is 24.3 Å². The Bertz CT molecular complexity index is 512. The molecule has 0 radical (unpaired) electrons. The molecule has 6 heteroatoms. The number of carbonyl (C=O) groups is 1. The van der Waals surface area contributed by atoms with Crippen molar-refractivity contribution >= 4 is 24.2 Å². The second kappa shape index (κ2) is 4.49. The first-order valence-electron chi connectivity index (χ1n) is 5.51. The van der Waals surface area contributed by atoms with Gasteiger partial charge in [-0.05, 0) is 25.0 Å². The summed E-state index contributed by atoms with van der Waals surface area (Å²) in [6, 6.07) is 7.66. The van der Waals surface area contributed by atoms with Gasteiger partial charge in [-0.15, -0.1) is 12.4 Å². The van der Waals surface area contributed by atoms with Crippen LogP contribution in [0.1, 0.15) is 18.4 Å². The zero-order valence-electron chi connectivity index (χ0n) is 9.80. The largest absolute Gasteiger partial charge is 0.480 e. The highest BCUT2D eigenvalue weighted by Gasteiger charge is 2.56. The first-order chi connectivity index (χ1) is 8.25. The van der Waals surface area contributed by atoms with Crippen molar-refractivity contribution in [2.45, 2.75) is 18.4 Å². The molecule has 0 aromatic heterocycles. The number of oxime groups is 1. The lowest BCUT2D eigenvalue weighted by Gasteiger charge is -2.07. The fourth-order valence-corrected chi connectivity index (χ4v) is 1.97. The molecule has 1 aliphatic carbocycles. The zero-order valence-corrected chi connectivity index (χ0v) is 10.6. The van der Waals surface area contributed by atoms with E-state index in [1.54, 1.807) is 0 Å². The average Bonchev–Trinajstić information content (AvgIpc) is 3.03. The third kappa shape index (κ3) is 1.90. The van der Waals surface area contributed by atoms with E-state index in [0.717, 1.165) is 29.9 Å². The Kier molecular flexibility index (Phi) is 3.17. The first-order valence-corrected chi connectivity index (χ1v) is 5.51. The molecule has 1 aliphatic heterocycles. The van der Waals surface area contributed by atoms with Crippen LogP contribution in [0.4, 0.5) is 4.79 Å². The number of carbonyl (C=O) groups excluding carboxylic acids is 1. The van der Waals surface area contributed by atoms with Gasteiger partial charge in [0.05, 0.1) is 0 Å². The molecule has 1 saturated carbocycles. The number of rotatable bonds is 1. The van der Waals surface area contributed by atoms with Gasteiger partial charge in [0.15, 0.2) is 5.60 Å². The van der Waals surface area contributed by atoms with Crippen molar-refractivity contribution in [1.29, 1.82) is 0 Å². The number of nitrogens with one attached hydrogen (secondary N) is 1. The highest BCUT2D eigenvalue weighted by molar-refractivity contribution is 6.12. The van der Waals surface area contributed by atoms with Gasteiger partial charge < -0.3 is 10.1 Å². The van der Waals surface area contributed by atoms with Crippen LogP contribution in [0.25, 0.3) is 0 Å². The summed E-state index contributed by atoms with van der Waals surface area (Å²) in [6.45, 7) is 0. The van der Waals surface area contributed by atoms with Crippen molar-refractivity contribution in [3.05, 3.63) is 29.8 Å². The molecule has 1 N–H and O–H groups in total. The summed E-state index contributed by atoms with van der Waals surface area (Å²) < 4.78 is 5.84. The number of ether oxygens (including phenoxy) is 1. The monoisotopic (exact) mass is 268 g/mol. The van der Waals surface area contributed by atoms with Crippen molar-refractivity contribution in [3.8, 4) is 5.75 Å². The predicted octanol–water partition coefficient (Wildman–Crippen LogP) is 2.09. The number of hydrogen-bond acceptors (Lipinski definition) is 4. The second-order valence-electron chi connectivity index (χ2n) is 4.16. The molecule has 18 heavy (non-hydrogen) atoms. The highest BCUT2D eigenvalue weighted by Crippen LogP contribution is 2.50. The van der Waals surface area contributed by atoms with E-state index >= 15 is 0 Å². The van der Waals surface area contributed by atoms with Gasteiger partial charge in [0.2, 0.25) is 0 Å². The number of amides is 1. The first kappa shape index (κ1) is 12.7. The van der Waals surface area contributed by atoms with E-state index < -0.39 is 6.09 Å². The van der Waals surface area contributed by atoms with Gasteiger partial charge >= 0.3 is 6.09 Å². The summed E-state index contributed by atoms with van der Waals surface area (Å²) in [6.07, 6.45) is 1.26. The molecule has 1 amide bonds. The van der Waals surface area contributed by atoms with Gasteiger partial charge in [-0.1, -0.05) is 17.3 Å². The molecule has 0 unspecified atom stereocenters. The Balaban J connectivity index is 0.00000120. The van der Waals surface area contributed by atoms with Gasteiger partial charge in [-0.3, -0.25) is 4.84 Å². The molecule has 3 rings (SSSR count). The second-order valence-corrected chi connectivity index (χ2v) is 4.16. The van der Waals surface area contributed by atoms with E-state index in [1.165, 1.54) is 7.05 Å². The van der Waals surface area contributed by atoms with Crippen molar-refractivity contribution in [2.75, 3.05) is 7.05 Å². The summed E-state index contributed by atoms with van der Waals surface area (Å²) in [5.74, 6) is 0.809. The molecule has 1 aromatic carbocycles. The van der Waals surface area contributed by atoms with Crippen molar-refractivity contribution in [3.63, 3.8) is 0 Å². The zero-order chi connectivity index (χ0) is 11.9.